The second-order valence-electron chi connectivity index (χ2n) is 5.89. The number of hydrogen-bond donors (Lipinski definition) is 1. The van der Waals surface area contributed by atoms with Crippen molar-refractivity contribution in [2.75, 3.05) is 18.0 Å². The molecule has 1 aromatic rings. The van der Waals surface area contributed by atoms with Gasteiger partial charge in [-0.2, -0.15) is 5.10 Å². The molecule has 0 amide bonds. The third-order valence-corrected chi connectivity index (χ3v) is 3.72. The van der Waals surface area contributed by atoms with Crippen molar-refractivity contribution in [2.45, 2.75) is 46.7 Å². The number of aromatic nitrogens is 2. The van der Waals surface area contributed by atoms with E-state index in [9.17, 15) is 0 Å². The Morgan fingerprint density at radius 1 is 1.44 bits per heavy atom. The number of anilines is 1. The van der Waals surface area contributed by atoms with Crippen LogP contribution in [0.3, 0.4) is 0 Å². The summed E-state index contributed by atoms with van der Waals surface area (Å²) >= 11 is 0. The van der Waals surface area contributed by atoms with Crippen molar-refractivity contribution < 1.29 is 0 Å². The van der Waals surface area contributed by atoms with E-state index in [1.165, 1.54) is 17.8 Å². The SMILES string of the molecule is Cc1nn(C)c(N2CCC(C)C2)c1CNC(C)C. The maximum Gasteiger partial charge on any atom is 0.131 e. The summed E-state index contributed by atoms with van der Waals surface area (Å²) in [5.74, 6) is 2.11. The molecule has 1 unspecified atom stereocenters. The van der Waals surface area contributed by atoms with Crippen LogP contribution >= 0.6 is 0 Å². The van der Waals surface area contributed by atoms with Crippen molar-refractivity contribution in [3.05, 3.63) is 11.3 Å². The largest absolute Gasteiger partial charge is 0.356 e. The summed E-state index contributed by atoms with van der Waals surface area (Å²) in [5.41, 5.74) is 2.51. The van der Waals surface area contributed by atoms with E-state index in [0.717, 1.165) is 31.2 Å². The van der Waals surface area contributed by atoms with Gasteiger partial charge in [0, 0.05) is 38.3 Å². The van der Waals surface area contributed by atoms with Crippen molar-refractivity contribution in [1.82, 2.24) is 15.1 Å². The van der Waals surface area contributed by atoms with E-state index in [-0.39, 0.29) is 0 Å². The van der Waals surface area contributed by atoms with Crippen LogP contribution in [-0.4, -0.2) is 28.9 Å². The number of hydrogen-bond acceptors (Lipinski definition) is 3. The number of nitrogens with one attached hydrogen (secondary N) is 1. The third kappa shape index (κ3) is 2.69. The van der Waals surface area contributed by atoms with Crippen LogP contribution in [0.2, 0.25) is 0 Å². The van der Waals surface area contributed by atoms with Crippen LogP contribution in [0.15, 0.2) is 0 Å². The van der Waals surface area contributed by atoms with Crippen LogP contribution < -0.4 is 10.2 Å². The van der Waals surface area contributed by atoms with Gasteiger partial charge in [0.25, 0.3) is 0 Å². The molecule has 2 heterocycles. The topological polar surface area (TPSA) is 33.1 Å². The lowest BCUT2D eigenvalue weighted by Crippen LogP contribution is -2.26. The molecule has 1 aliphatic rings. The van der Waals surface area contributed by atoms with Crippen LogP contribution in [0.1, 0.15) is 38.4 Å². The molecule has 18 heavy (non-hydrogen) atoms. The van der Waals surface area contributed by atoms with Crippen molar-refractivity contribution in [3.8, 4) is 0 Å². The summed E-state index contributed by atoms with van der Waals surface area (Å²) < 4.78 is 2.05. The number of aryl methyl sites for hydroxylation is 2. The molecule has 0 spiro atoms. The van der Waals surface area contributed by atoms with Gasteiger partial charge in [0.05, 0.1) is 5.69 Å². The lowest BCUT2D eigenvalue weighted by Gasteiger charge is -2.21. The van der Waals surface area contributed by atoms with E-state index in [2.05, 4.69) is 50.1 Å². The molecule has 0 aliphatic carbocycles. The van der Waals surface area contributed by atoms with Gasteiger partial charge in [-0.3, -0.25) is 4.68 Å². The van der Waals surface area contributed by atoms with Gasteiger partial charge < -0.3 is 10.2 Å². The standard InChI is InChI=1S/C14H26N4/c1-10(2)15-8-13-12(4)16-17(5)14(13)18-7-6-11(3)9-18/h10-11,15H,6-9H2,1-5H3. The molecule has 4 heteroatoms. The fourth-order valence-electron chi connectivity index (χ4n) is 2.73. The van der Waals surface area contributed by atoms with Crippen LogP contribution in [0.4, 0.5) is 5.82 Å². The maximum atomic E-state index is 4.59. The fraction of sp³-hybridized carbons (Fsp3) is 0.786. The molecule has 4 nitrogen and oxygen atoms in total. The highest BCUT2D eigenvalue weighted by Gasteiger charge is 2.25. The first-order valence-electron chi connectivity index (χ1n) is 6.99. The third-order valence-electron chi connectivity index (χ3n) is 3.72. The van der Waals surface area contributed by atoms with Gasteiger partial charge in [-0.1, -0.05) is 20.8 Å². The van der Waals surface area contributed by atoms with Crippen LogP contribution in [0.5, 0.6) is 0 Å². The van der Waals surface area contributed by atoms with Gasteiger partial charge in [0.15, 0.2) is 0 Å². The molecule has 1 aliphatic heterocycles. The van der Waals surface area contributed by atoms with E-state index in [0.29, 0.717) is 6.04 Å². The molecule has 1 saturated heterocycles. The maximum absolute atomic E-state index is 4.59. The molecule has 2 rings (SSSR count). The predicted octanol–water partition coefficient (Wildman–Crippen LogP) is 2.07. The zero-order valence-corrected chi connectivity index (χ0v) is 12.3. The molecule has 1 N–H and O–H groups in total. The predicted molar refractivity (Wildman–Crippen MR) is 75.9 cm³/mol. The molecule has 0 radical (unpaired) electrons. The lowest BCUT2D eigenvalue weighted by atomic mass is 10.2. The highest BCUT2D eigenvalue weighted by molar-refractivity contribution is 5.51. The van der Waals surface area contributed by atoms with Crippen LogP contribution in [-0.2, 0) is 13.6 Å². The average Bonchev–Trinajstić information content (AvgIpc) is 2.79. The van der Waals surface area contributed by atoms with Gasteiger partial charge >= 0.3 is 0 Å². The summed E-state index contributed by atoms with van der Waals surface area (Å²) in [6.07, 6.45) is 1.29. The van der Waals surface area contributed by atoms with E-state index in [1.807, 2.05) is 4.68 Å². The Morgan fingerprint density at radius 2 is 2.17 bits per heavy atom. The van der Waals surface area contributed by atoms with Crippen molar-refractivity contribution in [1.29, 1.82) is 0 Å². The second kappa shape index (κ2) is 5.31. The van der Waals surface area contributed by atoms with E-state index < -0.39 is 0 Å². The molecule has 1 aromatic heterocycles. The molecule has 102 valence electrons. The first-order chi connectivity index (χ1) is 8.49. The second-order valence-corrected chi connectivity index (χ2v) is 5.89. The molecular weight excluding hydrogens is 224 g/mol. The first kappa shape index (κ1) is 13.4. The van der Waals surface area contributed by atoms with Gasteiger partial charge in [-0.05, 0) is 19.3 Å². The van der Waals surface area contributed by atoms with Crippen molar-refractivity contribution in [3.63, 3.8) is 0 Å². The fourth-order valence-corrected chi connectivity index (χ4v) is 2.73. The summed E-state index contributed by atoms with van der Waals surface area (Å²) in [5, 5.41) is 8.10. The minimum absolute atomic E-state index is 0.509. The smallest absolute Gasteiger partial charge is 0.131 e. The van der Waals surface area contributed by atoms with Crippen LogP contribution in [0.25, 0.3) is 0 Å². The van der Waals surface area contributed by atoms with E-state index in [4.69, 9.17) is 0 Å². The number of nitrogens with zero attached hydrogens (tertiary/aromatic N) is 3. The van der Waals surface area contributed by atoms with Gasteiger partial charge in [-0.25, -0.2) is 0 Å². The van der Waals surface area contributed by atoms with E-state index >= 15 is 0 Å². The highest BCUT2D eigenvalue weighted by Crippen LogP contribution is 2.28. The Kier molecular flexibility index (Phi) is 3.95. The quantitative estimate of drug-likeness (QED) is 0.888. The monoisotopic (exact) mass is 250 g/mol. The van der Waals surface area contributed by atoms with Crippen molar-refractivity contribution in [2.24, 2.45) is 13.0 Å². The van der Waals surface area contributed by atoms with Gasteiger partial charge in [0.1, 0.15) is 5.82 Å². The Morgan fingerprint density at radius 3 is 2.72 bits per heavy atom. The zero-order valence-electron chi connectivity index (χ0n) is 12.3. The normalized spacial score (nSPS) is 20.1. The molecular formula is C14H26N4. The summed E-state index contributed by atoms with van der Waals surface area (Å²) in [6.45, 7) is 12.0. The molecule has 0 aromatic carbocycles. The molecule has 1 fully saturated rings. The zero-order chi connectivity index (χ0) is 13.3. The molecule has 0 bridgehead atoms. The Labute approximate surface area is 110 Å². The summed E-state index contributed by atoms with van der Waals surface area (Å²) in [6, 6.07) is 0.509. The van der Waals surface area contributed by atoms with Gasteiger partial charge in [0.2, 0.25) is 0 Å². The number of rotatable bonds is 4. The van der Waals surface area contributed by atoms with E-state index in [1.54, 1.807) is 0 Å². The lowest BCUT2D eigenvalue weighted by molar-refractivity contribution is 0.586. The Hall–Kier alpha value is -1.03. The van der Waals surface area contributed by atoms with Crippen LogP contribution in [0, 0.1) is 12.8 Å². The first-order valence-corrected chi connectivity index (χ1v) is 6.99. The minimum Gasteiger partial charge on any atom is -0.356 e. The minimum atomic E-state index is 0.509. The Bertz CT molecular complexity index is 408. The Balaban J connectivity index is 2.22. The summed E-state index contributed by atoms with van der Waals surface area (Å²) in [4.78, 5) is 2.49. The molecule has 1 atom stereocenters. The summed E-state index contributed by atoms with van der Waals surface area (Å²) in [7, 11) is 2.06. The molecule has 0 saturated carbocycles. The highest BCUT2D eigenvalue weighted by atomic mass is 15.4. The van der Waals surface area contributed by atoms with Gasteiger partial charge in [-0.15, -0.1) is 0 Å². The average molecular weight is 250 g/mol. The van der Waals surface area contributed by atoms with Crippen molar-refractivity contribution >= 4 is 5.82 Å².